The van der Waals surface area contributed by atoms with Crippen molar-refractivity contribution in [2.24, 2.45) is 7.05 Å². The van der Waals surface area contributed by atoms with E-state index in [4.69, 9.17) is 0 Å². The molecular weight excluding hydrogens is 260 g/mol. The second-order valence-corrected chi connectivity index (χ2v) is 5.31. The summed E-state index contributed by atoms with van der Waals surface area (Å²) in [6, 6.07) is 9.96. The van der Waals surface area contributed by atoms with Crippen LogP contribution in [0.4, 0.5) is 0 Å². The first-order chi connectivity index (χ1) is 9.22. The van der Waals surface area contributed by atoms with Crippen LogP contribution in [0, 0.1) is 0 Å². The number of aryl methyl sites for hydroxylation is 1. The van der Waals surface area contributed by atoms with Gasteiger partial charge in [0.15, 0.2) is 5.16 Å². The van der Waals surface area contributed by atoms with Gasteiger partial charge in [-0.05, 0) is 12.6 Å². The maximum Gasteiger partial charge on any atom is 0.190 e. The van der Waals surface area contributed by atoms with Crippen LogP contribution in [0.25, 0.3) is 0 Å². The smallest absolute Gasteiger partial charge is 0.190 e. The first-order valence-corrected chi connectivity index (χ1v) is 7.02. The Morgan fingerprint density at radius 2 is 2.11 bits per heavy atom. The average molecular weight is 278 g/mol. The fourth-order valence-corrected chi connectivity index (χ4v) is 3.00. The lowest BCUT2D eigenvalue weighted by atomic mass is 9.93. The molecule has 1 aromatic carbocycles. The Morgan fingerprint density at radius 1 is 1.37 bits per heavy atom. The SMILES string of the molecule is CNC(CO)(CSc1nncn1C)c1ccccc1. The minimum Gasteiger partial charge on any atom is -0.394 e. The third-order valence-corrected chi connectivity index (χ3v) is 4.46. The van der Waals surface area contributed by atoms with Crippen LogP contribution in [0.5, 0.6) is 0 Å². The number of rotatable bonds is 6. The van der Waals surface area contributed by atoms with Crippen molar-refractivity contribution in [3.05, 3.63) is 42.2 Å². The van der Waals surface area contributed by atoms with E-state index in [2.05, 4.69) is 15.5 Å². The Bertz CT molecular complexity index is 510. The van der Waals surface area contributed by atoms with E-state index >= 15 is 0 Å². The highest BCUT2D eigenvalue weighted by Crippen LogP contribution is 2.28. The molecule has 0 aliphatic rings. The Kier molecular flexibility index (Phi) is 4.57. The Morgan fingerprint density at radius 3 is 2.63 bits per heavy atom. The standard InChI is InChI=1S/C13H18N4OS/c1-14-13(8-18,11-6-4-3-5-7-11)9-19-12-16-15-10-17(12)2/h3-7,10,14,18H,8-9H2,1-2H3. The van der Waals surface area contributed by atoms with Crippen molar-refractivity contribution in [1.82, 2.24) is 20.1 Å². The molecule has 2 N–H and O–H groups in total. The van der Waals surface area contributed by atoms with Crippen molar-refractivity contribution in [3.8, 4) is 0 Å². The molecule has 0 amide bonds. The van der Waals surface area contributed by atoms with Gasteiger partial charge in [0.25, 0.3) is 0 Å². The lowest BCUT2D eigenvalue weighted by Crippen LogP contribution is -2.46. The van der Waals surface area contributed by atoms with Crippen LogP contribution in [-0.4, -0.2) is 39.3 Å². The number of hydrogen-bond acceptors (Lipinski definition) is 5. The topological polar surface area (TPSA) is 63.0 Å². The molecule has 2 rings (SSSR count). The van der Waals surface area contributed by atoms with Crippen LogP contribution >= 0.6 is 11.8 Å². The minimum atomic E-state index is -0.474. The van der Waals surface area contributed by atoms with Crippen molar-refractivity contribution >= 4 is 11.8 Å². The van der Waals surface area contributed by atoms with Crippen molar-refractivity contribution in [3.63, 3.8) is 0 Å². The molecule has 1 aromatic heterocycles. The quantitative estimate of drug-likeness (QED) is 0.772. The molecule has 0 spiro atoms. The van der Waals surface area contributed by atoms with Gasteiger partial charge in [0.1, 0.15) is 6.33 Å². The van der Waals surface area contributed by atoms with E-state index in [0.29, 0.717) is 5.75 Å². The molecular formula is C13H18N4OS. The maximum absolute atomic E-state index is 9.81. The van der Waals surface area contributed by atoms with Crippen LogP contribution in [0.3, 0.4) is 0 Å². The van der Waals surface area contributed by atoms with Gasteiger partial charge in [-0.25, -0.2) is 0 Å². The minimum absolute atomic E-state index is 0.0262. The summed E-state index contributed by atoms with van der Waals surface area (Å²) in [5.41, 5.74) is 0.590. The molecule has 0 radical (unpaired) electrons. The van der Waals surface area contributed by atoms with Gasteiger partial charge in [-0.1, -0.05) is 42.1 Å². The molecule has 0 aliphatic heterocycles. The molecule has 102 valence electrons. The monoisotopic (exact) mass is 278 g/mol. The summed E-state index contributed by atoms with van der Waals surface area (Å²) in [4.78, 5) is 0. The highest BCUT2D eigenvalue weighted by Gasteiger charge is 2.30. The third-order valence-electron chi connectivity index (χ3n) is 3.19. The van der Waals surface area contributed by atoms with Gasteiger partial charge in [0, 0.05) is 12.8 Å². The Labute approximate surface area is 117 Å². The van der Waals surface area contributed by atoms with E-state index in [1.165, 1.54) is 0 Å². The number of aliphatic hydroxyl groups excluding tert-OH is 1. The highest BCUT2D eigenvalue weighted by molar-refractivity contribution is 7.99. The molecule has 1 unspecified atom stereocenters. The molecule has 0 saturated heterocycles. The zero-order valence-corrected chi connectivity index (χ0v) is 11.9. The number of benzene rings is 1. The molecule has 19 heavy (non-hydrogen) atoms. The molecule has 0 bridgehead atoms. The molecule has 0 aliphatic carbocycles. The summed E-state index contributed by atoms with van der Waals surface area (Å²) < 4.78 is 1.87. The van der Waals surface area contributed by atoms with Crippen LogP contribution in [0.2, 0.25) is 0 Å². The zero-order chi connectivity index (χ0) is 13.7. The zero-order valence-electron chi connectivity index (χ0n) is 11.1. The second-order valence-electron chi connectivity index (χ2n) is 4.37. The normalized spacial score (nSPS) is 14.3. The van der Waals surface area contributed by atoms with Crippen molar-refractivity contribution in [1.29, 1.82) is 0 Å². The van der Waals surface area contributed by atoms with Gasteiger partial charge >= 0.3 is 0 Å². The lowest BCUT2D eigenvalue weighted by Gasteiger charge is -2.31. The summed E-state index contributed by atoms with van der Waals surface area (Å²) in [5, 5.41) is 21.8. The number of likely N-dealkylation sites (N-methyl/N-ethyl adjacent to an activating group) is 1. The average Bonchev–Trinajstić information content (AvgIpc) is 2.87. The van der Waals surface area contributed by atoms with Crippen molar-refractivity contribution in [2.45, 2.75) is 10.7 Å². The predicted molar refractivity (Wildman–Crippen MR) is 76.0 cm³/mol. The summed E-state index contributed by atoms with van der Waals surface area (Å²) in [6.45, 7) is 0.0262. The van der Waals surface area contributed by atoms with E-state index < -0.39 is 5.54 Å². The van der Waals surface area contributed by atoms with Gasteiger partial charge < -0.3 is 15.0 Å². The molecule has 5 nitrogen and oxygen atoms in total. The van der Waals surface area contributed by atoms with Gasteiger partial charge in [-0.2, -0.15) is 0 Å². The summed E-state index contributed by atoms with van der Waals surface area (Å²) in [7, 11) is 3.77. The highest BCUT2D eigenvalue weighted by atomic mass is 32.2. The molecule has 2 aromatic rings. The van der Waals surface area contributed by atoms with Crippen LogP contribution in [0.1, 0.15) is 5.56 Å². The number of nitrogens with zero attached hydrogens (tertiary/aromatic N) is 3. The second kappa shape index (κ2) is 6.18. The van der Waals surface area contributed by atoms with E-state index in [-0.39, 0.29) is 6.61 Å². The number of thioether (sulfide) groups is 1. The molecule has 0 saturated carbocycles. The van der Waals surface area contributed by atoms with E-state index in [9.17, 15) is 5.11 Å². The van der Waals surface area contributed by atoms with E-state index in [1.807, 2.05) is 49.0 Å². The summed E-state index contributed by atoms with van der Waals surface area (Å²) in [5.74, 6) is 0.677. The van der Waals surface area contributed by atoms with Gasteiger partial charge in [-0.3, -0.25) is 0 Å². The molecule has 0 fully saturated rings. The maximum atomic E-state index is 9.81. The fraction of sp³-hybridized carbons (Fsp3) is 0.385. The predicted octanol–water partition coefficient (Wildman–Crippen LogP) is 1.01. The first kappa shape index (κ1) is 14.0. The van der Waals surface area contributed by atoms with Crippen LogP contribution in [0.15, 0.2) is 41.8 Å². The number of hydrogen-bond donors (Lipinski definition) is 2. The molecule has 1 heterocycles. The van der Waals surface area contributed by atoms with Crippen molar-refractivity contribution < 1.29 is 5.11 Å². The van der Waals surface area contributed by atoms with Gasteiger partial charge in [0.05, 0.1) is 12.1 Å². The van der Waals surface area contributed by atoms with Crippen molar-refractivity contribution in [2.75, 3.05) is 19.4 Å². The van der Waals surface area contributed by atoms with E-state index in [1.54, 1.807) is 18.1 Å². The Hall–Kier alpha value is -1.37. The third kappa shape index (κ3) is 2.97. The van der Waals surface area contributed by atoms with Crippen LogP contribution < -0.4 is 5.32 Å². The van der Waals surface area contributed by atoms with E-state index in [0.717, 1.165) is 10.7 Å². The van der Waals surface area contributed by atoms with Gasteiger partial charge in [0.2, 0.25) is 0 Å². The first-order valence-electron chi connectivity index (χ1n) is 6.04. The fourth-order valence-electron chi connectivity index (χ4n) is 1.86. The largest absolute Gasteiger partial charge is 0.394 e. The summed E-state index contributed by atoms with van der Waals surface area (Å²) in [6.07, 6.45) is 1.67. The summed E-state index contributed by atoms with van der Waals surface area (Å²) >= 11 is 1.57. The van der Waals surface area contributed by atoms with Gasteiger partial charge in [-0.15, -0.1) is 10.2 Å². The molecule has 1 atom stereocenters. The number of nitrogens with one attached hydrogen (secondary N) is 1. The molecule has 6 heteroatoms. The van der Waals surface area contributed by atoms with Crippen LogP contribution in [-0.2, 0) is 12.6 Å². The number of aliphatic hydroxyl groups is 1. The Balaban J connectivity index is 2.18. The number of aromatic nitrogens is 3. The lowest BCUT2D eigenvalue weighted by molar-refractivity contribution is 0.187.